The first kappa shape index (κ1) is 25.3. The number of aromatic nitrogens is 2. The smallest absolute Gasteiger partial charge is 0.329 e. The van der Waals surface area contributed by atoms with Crippen molar-refractivity contribution >= 4 is 17.1 Å². The van der Waals surface area contributed by atoms with Crippen molar-refractivity contribution < 1.29 is 23.9 Å². The van der Waals surface area contributed by atoms with Crippen LogP contribution >= 0.6 is 0 Å². The van der Waals surface area contributed by atoms with Crippen LogP contribution in [0.25, 0.3) is 22.4 Å². The highest BCUT2D eigenvalue weighted by Crippen LogP contribution is 2.39. The predicted molar refractivity (Wildman–Crippen MR) is 136 cm³/mol. The molecule has 8 heteroatoms. The van der Waals surface area contributed by atoms with E-state index >= 15 is 0 Å². The van der Waals surface area contributed by atoms with Gasteiger partial charge in [-0.1, -0.05) is 42.5 Å². The molecule has 0 spiro atoms. The normalized spacial score (nSPS) is 18.8. The predicted octanol–water partition coefficient (Wildman–Crippen LogP) is 4.87. The van der Waals surface area contributed by atoms with E-state index in [9.17, 15) is 9.35 Å². The fourth-order valence-corrected chi connectivity index (χ4v) is 5.75. The molecule has 1 fully saturated rings. The van der Waals surface area contributed by atoms with Gasteiger partial charge in [-0.15, -0.1) is 0 Å². The molecule has 0 saturated heterocycles. The number of carboxylic acids is 1. The lowest BCUT2D eigenvalue weighted by Gasteiger charge is -2.28. The first-order valence-corrected chi connectivity index (χ1v) is 13.5. The lowest BCUT2D eigenvalue weighted by molar-refractivity contribution is -0.142. The molecule has 3 aromatic rings. The van der Waals surface area contributed by atoms with Gasteiger partial charge in [0.05, 0.1) is 19.3 Å². The van der Waals surface area contributed by atoms with E-state index in [1.54, 1.807) is 13.4 Å². The van der Waals surface area contributed by atoms with Gasteiger partial charge in [-0.3, -0.25) is 0 Å². The van der Waals surface area contributed by atoms with Crippen molar-refractivity contribution in [2.24, 2.45) is 11.8 Å². The number of nitrogens with zero attached hydrogens (tertiary/aromatic N) is 2. The van der Waals surface area contributed by atoms with Gasteiger partial charge in [-0.05, 0) is 55.2 Å². The monoisotopic (exact) mass is 496 g/mol. The van der Waals surface area contributed by atoms with Crippen molar-refractivity contribution in [1.29, 1.82) is 0 Å². The minimum Gasteiger partial charge on any atom is -0.610 e. The second-order valence-corrected chi connectivity index (χ2v) is 10.4. The van der Waals surface area contributed by atoms with Crippen LogP contribution in [0.3, 0.4) is 0 Å². The molecule has 7 nitrogen and oxygen atoms in total. The molecule has 1 atom stereocenters. The van der Waals surface area contributed by atoms with Gasteiger partial charge in [0.15, 0.2) is 0 Å². The van der Waals surface area contributed by atoms with E-state index in [-0.39, 0.29) is 6.61 Å². The first-order chi connectivity index (χ1) is 17.0. The van der Waals surface area contributed by atoms with Gasteiger partial charge in [0.2, 0.25) is 0 Å². The van der Waals surface area contributed by atoms with Gasteiger partial charge in [-0.25, -0.2) is 9.48 Å². The van der Waals surface area contributed by atoms with E-state index in [0.717, 1.165) is 58.8 Å². The summed E-state index contributed by atoms with van der Waals surface area (Å²) in [5.74, 6) is 0.606. The average Bonchev–Trinajstić information content (AvgIpc) is 3.25. The number of hydrogen-bond acceptors (Lipinski definition) is 5. The average molecular weight is 497 g/mol. The molecule has 1 unspecified atom stereocenters. The minimum absolute atomic E-state index is 0.242. The fourth-order valence-electron chi connectivity index (χ4n) is 4.84. The summed E-state index contributed by atoms with van der Waals surface area (Å²) in [6, 6.07) is 17.8. The summed E-state index contributed by atoms with van der Waals surface area (Å²) < 4.78 is 25.8. The molecule has 1 saturated carbocycles. The molecule has 1 aromatic heterocycles. The summed E-state index contributed by atoms with van der Waals surface area (Å²) >= 11 is -1.25. The Morgan fingerprint density at radius 2 is 1.77 bits per heavy atom. The summed E-state index contributed by atoms with van der Waals surface area (Å²) in [6.07, 6.45) is 5.70. The number of hydrogen-bond donors (Lipinski definition) is 1. The Morgan fingerprint density at radius 1 is 1.09 bits per heavy atom. The molecule has 1 N–H and O–H groups in total. The van der Waals surface area contributed by atoms with Crippen LogP contribution in [0.15, 0.2) is 59.6 Å². The Bertz CT molecular complexity index is 1120. The summed E-state index contributed by atoms with van der Waals surface area (Å²) in [4.78, 5) is 10.7. The molecule has 186 valence electrons. The largest absolute Gasteiger partial charge is 0.610 e. The van der Waals surface area contributed by atoms with E-state index in [1.807, 2.05) is 59.3 Å². The van der Waals surface area contributed by atoms with Crippen LogP contribution in [0.4, 0.5) is 0 Å². The maximum Gasteiger partial charge on any atom is 0.329 e. The van der Waals surface area contributed by atoms with Crippen molar-refractivity contribution in [3.05, 3.63) is 54.6 Å². The van der Waals surface area contributed by atoms with Crippen molar-refractivity contribution in [2.45, 2.75) is 37.3 Å². The van der Waals surface area contributed by atoms with Crippen molar-refractivity contribution in [3.8, 4) is 28.1 Å². The molecule has 0 bridgehead atoms. The van der Waals surface area contributed by atoms with Gasteiger partial charge in [0, 0.05) is 23.3 Å². The summed E-state index contributed by atoms with van der Waals surface area (Å²) in [7, 11) is 1.64. The van der Waals surface area contributed by atoms with Crippen LogP contribution in [0, 0.1) is 11.8 Å². The number of rotatable bonds is 10. The Morgan fingerprint density at radius 3 is 2.43 bits per heavy atom. The van der Waals surface area contributed by atoms with E-state index in [4.69, 9.17) is 19.7 Å². The molecule has 1 aliphatic carbocycles. The molecule has 1 heterocycles. The third kappa shape index (κ3) is 6.25. The van der Waals surface area contributed by atoms with Gasteiger partial charge >= 0.3 is 5.97 Å². The maximum absolute atomic E-state index is 13.1. The topological polar surface area (TPSA) is 96.6 Å². The number of methoxy groups -OCH3 is 1. The molecule has 0 radical (unpaired) electrons. The number of benzene rings is 2. The van der Waals surface area contributed by atoms with E-state index in [1.165, 1.54) is 0 Å². The highest BCUT2D eigenvalue weighted by molar-refractivity contribution is 7.90. The quantitative estimate of drug-likeness (QED) is 0.402. The minimum atomic E-state index is -1.25. The third-order valence-electron chi connectivity index (χ3n) is 6.56. The molecular formula is C27H32N2O5S. The number of aliphatic carboxylic acids is 1. The highest BCUT2D eigenvalue weighted by atomic mass is 32.2. The third-order valence-corrected chi connectivity index (χ3v) is 7.52. The van der Waals surface area contributed by atoms with Crippen LogP contribution in [-0.2, 0) is 27.3 Å². The van der Waals surface area contributed by atoms with Crippen molar-refractivity contribution in [2.75, 3.05) is 26.6 Å². The lowest BCUT2D eigenvalue weighted by Crippen LogP contribution is -2.24. The number of ether oxygens (including phenoxy) is 2. The number of carboxylic acid groups (broad SMARTS) is 1. The van der Waals surface area contributed by atoms with Crippen LogP contribution < -0.4 is 4.74 Å². The Labute approximate surface area is 209 Å². The molecule has 0 aliphatic heterocycles. The Balaban J connectivity index is 1.62. The zero-order valence-electron chi connectivity index (χ0n) is 20.2. The Hall–Kier alpha value is -2.81. The van der Waals surface area contributed by atoms with Crippen LogP contribution in [0.1, 0.15) is 25.7 Å². The Kier molecular flexibility index (Phi) is 8.49. The molecule has 2 aromatic carbocycles. The van der Waals surface area contributed by atoms with Gasteiger partial charge < -0.3 is 19.1 Å². The number of carbonyl (C=O) groups is 1. The summed E-state index contributed by atoms with van der Waals surface area (Å²) in [5.41, 5.74) is 3.61. The molecule has 4 rings (SSSR count). The van der Waals surface area contributed by atoms with Gasteiger partial charge in [-0.2, -0.15) is 5.10 Å². The van der Waals surface area contributed by atoms with Crippen LogP contribution in [-0.4, -0.2) is 52.0 Å². The molecule has 35 heavy (non-hydrogen) atoms. The maximum atomic E-state index is 13.1. The molecule has 1 aliphatic rings. The summed E-state index contributed by atoms with van der Waals surface area (Å²) in [5, 5.41) is 14.5. The fraction of sp³-hybridized carbons (Fsp3) is 0.407. The molecule has 0 amide bonds. The standard InChI is InChI=1S/C27H32N2O5S/c1-33-23-10-6-9-22(15-23)25-26(21-7-4-3-5-8-21)28-29(27(25)35(2)32)16-19-11-13-20(14-12-19)17-34-18-24(30)31/h3-10,15,19-20H,11-14,16-18H2,1-2H3,(H,30,31)/t19-,20-,35?. The zero-order chi connectivity index (χ0) is 24.8. The highest BCUT2D eigenvalue weighted by Gasteiger charge is 2.30. The lowest BCUT2D eigenvalue weighted by atomic mass is 9.82. The van der Waals surface area contributed by atoms with Crippen LogP contribution in [0.5, 0.6) is 5.75 Å². The summed E-state index contributed by atoms with van der Waals surface area (Å²) in [6.45, 7) is 0.943. The molecular weight excluding hydrogens is 464 g/mol. The first-order valence-electron chi connectivity index (χ1n) is 11.9. The van der Waals surface area contributed by atoms with E-state index in [2.05, 4.69) is 0 Å². The van der Waals surface area contributed by atoms with Gasteiger partial charge in [0.25, 0.3) is 5.03 Å². The second-order valence-electron chi connectivity index (χ2n) is 9.06. The van der Waals surface area contributed by atoms with Crippen LogP contribution in [0.2, 0.25) is 0 Å². The van der Waals surface area contributed by atoms with E-state index < -0.39 is 17.1 Å². The van der Waals surface area contributed by atoms with Crippen molar-refractivity contribution in [1.82, 2.24) is 9.78 Å². The van der Waals surface area contributed by atoms with Gasteiger partial charge in [0.1, 0.15) is 24.3 Å². The van der Waals surface area contributed by atoms with E-state index in [0.29, 0.717) is 25.0 Å². The second kappa shape index (κ2) is 11.7. The van der Waals surface area contributed by atoms with Crippen molar-refractivity contribution in [3.63, 3.8) is 0 Å². The zero-order valence-corrected chi connectivity index (χ0v) is 21.0. The SMILES string of the molecule is COc1cccc(-c2c(-c3ccccc3)nn(C[C@H]3CC[C@H](COCC(=O)O)CC3)c2[S+](C)[O-])c1.